The summed E-state index contributed by atoms with van der Waals surface area (Å²) >= 11 is 0. The number of aliphatic carboxylic acids is 1. The maximum absolute atomic E-state index is 12.5. The quantitative estimate of drug-likeness (QED) is 0.288. The third kappa shape index (κ3) is 4.97. The van der Waals surface area contributed by atoms with Gasteiger partial charge in [0.05, 0.1) is 6.54 Å². The molecule has 8 heteroatoms. The highest BCUT2D eigenvalue weighted by molar-refractivity contribution is 5.81. The van der Waals surface area contributed by atoms with Crippen LogP contribution in [-0.2, 0) is 22.5 Å². The number of fused-ring (bicyclic) bond motifs is 3. The number of amides is 1. The number of ether oxygens (including phenoxy) is 1. The lowest BCUT2D eigenvalue weighted by molar-refractivity contribution is -0.139. The molecule has 1 aliphatic rings. The first kappa shape index (κ1) is 21.9. The molecule has 0 unspecified atom stereocenters. The third-order valence-corrected chi connectivity index (χ3v) is 5.68. The molecule has 166 valence electrons. The average molecular weight is 442 g/mol. The molecule has 4 rings (SSSR count). The second-order valence-corrected chi connectivity index (χ2v) is 7.77. The van der Waals surface area contributed by atoms with E-state index in [2.05, 4.69) is 15.3 Å². The van der Waals surface area contributed by atoms with Crippen LogP contribution < -0.4 is 5.32 Å². The first-order valence-corrected chi connectivity index (χ1v) is 10.5. The van der Waals surface area contributed by atoms with Gasteiger partial charge < -0.3 is 15.2 Å². The van der Waals surface area contributed by atoms with Gasteiger partial charge in [-0.1, -0.05) is 77.9 Å². The SMILES string of the molecule is [N-]=[N+]=NCc1cccc(C[C@H](NC(=O)OCC2c3ccccc3-c3ccccc32)C(=O)O)c1. The van der Waals surface area contributed by atoms with Crippen LogP contribution in [0.15, 0.2) is 77.9 Å². The van der Waals surface area contributed by atoms with Crippen molar-refractivity contribution in [1.82, 2.24) is 5.32 Å². The van der Waals surface area contributed by atoms with Crippen LogP contribution in [0.25, 0.3) is 21.6 Å². The number of nitrogens with zero attached hydrogens (tertiary/aromatic N) is 3. The Labute approximate surface area is 190 Å². The second-order valence-electron chi connectivity index (χ2n) is 7.77. The van der Waals surface area contributed by atoms with E-state index in [1.54, 1.807) is 24.3 Å². The highest BCUT2D eigenvalue weighted by Gasteiger charge is 2.29. The number of hydrogen-bond donors (Lipinski definition) is 2. The molecular weight excluding hydrogens is 420 g/mol. The summed E-state index contributed by atoms with van der Waals surface area (Å²) in [6.07, 6.45) is -0.710. The smallest absolute Gasteiger partial charge is 0.407 e. The van der Waals surface area contributed by atoms with Gasteiger partial charge in [-0.3, -0.25) is 0 Å². The fraction of sp³-hybridized carbons (Fsp3) is 0.200. The van der Waals surface area contributed by atoms with Crippen molar-refractivity contribution in [2.75, 3.05) is 6.61 Å². The van der Waals surface area contributed by atoms with Gasteiger partial charge in [0.15, 0.2) is 0 Å². The van der Waals surface area contributed by atoms with E-state index < -0.39 is 18.1 Å². The van der Waals surface area contributed by atoms with E-state index in [9.17, 15) is 14.7 Å². The molecule has 0 bridgehead atoms. The minimum absolute atomic E-state index is 0.0731. The Balaban J connectivity index is 1.41. The molecule has 33 heavy (non-hydrogen) atoms. The van der Waals surface area contributed by atoms with E-state index in [1.165, 1.54) is 0 Å². The monoisotopic (exact) mass is 442 g/mol. The molecule has 0 aromatic heterocycles. The summed E-state index contributed by atoms with van der Waals surface area (Å²) < 4.78 is 5.47. The summed E-state index contributed by atoms with van der Waals surface area (Å²) in [5, 5.41) is 15.6. The number of azide groups is 1. The number of carbonyl (C=O) groups is 2. The predicted molar refractivity (Wildman–Crippen MR) is 123 cm³/mol. The fourth-order valence-electron chi connectivity index (χ4n) is 4.19. The first-order chi connectivity index (χ1) is 16.1. The number of nitrogens with one attached hydrogen (secondary N) is 1. The van der Waals surface area contributed by atoms with Crippen molar-refractivity contribution in [3.63, 3.8) is 0 Å². The molecule has 0 spiro atoms. The van der Waals surface area contributed by atoms with Gasteiger partial charge >= 0.3 is 12.1 Å². The maximum Gasteiger partial charge on any atom is 0.407 e. The van der Waals surface area contributed by atoms with Crippen LogP contribution in [0.3, 0.4) is 0 Å². The van der Waals surface area contributed by atoms with E-state index in [0.717, 1.165) is 27.8 Å². The Morgan fingerprint density at radius 1 is 1.00 bits per heavy atom. The molecule has 1 atom stereocenters. The first-order valence-electron chi connectivity index (χ1n) is 10.5. The summed E-state index contributed by atoms with van der Waals surface area (Å²) in [6.45, 7) is 0.274. The Hall–Kier alpha value is -4.29. The van der Waals surface area contributed by atoms with Gasteiger partial charge in [-0.2, -0.15) is 0 Å². The van der Waals surface area contributed by atoms with Crippen LogP contribution in [0.5, 0.6) is 0 Å². The van der Waals surface area contributed by atoms with Crippen molar-refractivity contribution >= 4 is 12.1 Å². The number of benzene rings is 3. The van der Waals surface area contributed by atoms with Crippen LogP contribution in [0.2, 0.25) is 0 Å². The second kappa shape index (κ2) is 9.89. The van der Waals surface area contributed by atoms with Crippen LogP contribution >= 0.6 is 0 Å². The summed E-state index contributed by atoms with van der Waals surface area (Å²) in [6, 6.07) is 21.9. The Kier molecular flexibility index (Phi) is 6.57. The molecule has 2 N–H and O–H groups in total. The lowest BCUT2D eigenvalue weighted by Crippen LogP contribution is -2.42. The van der Waals surface area contributed by atoms with Crippen LogP contribution in [0.4, 0.5) is 4.79 Å². The number of rotatable bonds is 8. The average Bonchev–Trinajstić information content (AvgIpc) is 3.15. The van der Waals surface area contributed by atoms with E-state index in [0.29, 0.717) is 5.56 Å². The molecule has 0 heterocycles. The molecule has 0 fully saturated rings. The largest absolute Gasteiger partial charge is 0.480 e. The number of alkyl carbamates (subject to hydrolysis) is 1. The van der Waals surface area contributed by atoms with E-state index in [4.69, 9.17) is 10.3 Å². The van der Waals surface area contributed by atoms with Crippen LogP contribution in [-0.4, -0.2) is 29.8 Å². The number of carboxylic acid groups (broad SMARTS) is 1. The lowest BCUT2D eigenvalue weighted by Gasteiger charge is -2.18. The Bertz CT molecular complexity index is 1190. The number of carboxylic acids is 1. The van der Waals surface area contributed by atoms with Crippen molar-refractivity contribution in [3.8, 4) is 11.1 Å². The van der Waals surface area contributed by atoms with Crippen molar-refractivity contribution in [2.45, 2.75) is 24.9 Å². The molecule has 0 saturated carbocycles. The lowest BCUT2D eigenvalue weighted by atomic mass is 9.98. The summed E-state index contributed by atoms with van der Waals surface area (Å²) in [4.78, 5) is 27.0. The standard InChI is InChI=1S/C25H22N4O4/c26-29-27-14-17-7-5-6-16(12-17)13-23(24(30)31)28-25(32)33-15-22-20-10-3-1-8-18(20)19-9-2-4-11-21(19)22/h1-12,22-23H,13-15H2,(H,28,32)(H,30,31)/t23-/m0/s1. The minimum Gasteiger partial charge on any atom is -0.480 e. The molecule has 1 aliphatic carbocycles. The van der Waals surface area contributed by atoms with Gasteiger partial charge in [-0.25, -0.2) is 9.59 Å². The third-order valence-electron chi connectivity index (χ3n) is 5.68. The molecular formula is C25H22N4O4. The molecule has 0 saturated heterocycles. The predicted octanol–water partition coefficient (Wildman–Crippen LogP) is 5.03. The zero-order chi connectivity index (χ0) is 23.2. The molecule has 0 aliphatic heterocycles. The van der Waals surface area contributed by atoms with Crippen LogP contribution in [0.1, 0.15) is 28.2 Å². The number of carbonyl (C=O) groups excluding carboxylic acids is 1. The van der Waals surface area contributed by atoms with Gasteiger partial charge in [0.25, 0.3) is 0 Å². The van der Waals surface area contributed by atoms with Gasteiger partial charge in [-0.05, 0) is 38.9 Å². The molecule has 8 nitrogen and oxygen atoms in total. The summed E-state index contributed by atoms with van der Waals surface area (Å²) in [7, 11) is 0. The van der Waals surface area contributed by atoms with Crippen molar-refractivity contribution in [2.24, 2.45) is 5.11 Å². The minimum atomic E-state index is -1.16. The molecule has 3 aromatic carbocycles. The molecule has 0 radical (unpaired) electrons. The van der Waals surface area contributed by atoms with Crippen molar-refractivity contribution in [3.05, 3.63) is 105 Å². The van der Waals surface area contributed by atoms with E-state index in [1.807, 2.05) is 48.5 Å². The zero-order valence-electron chi connectivity index (χ0n) is 17.7. The van der Waals surface area contributed by atoms with E-state index in [-0.39, 0.29) is 25.5 Å². The zero-order valence-corrected chi connectivity index (χ0v) is 17.7. The number of hydrogen-bond acceptors (Lipinski definition) is 4. The van der Waals surface area contributed by atoms with Gasteiger partial charge in [0.2, 0.25) is 0 Å². The molecule has 1 amide bonds. The van der Waals surface area contributed by atoms with Gasteiger partial charge in [-0.15, -0.1) is 0 Å². The maximum atomic E-state index is 12.5. The Morgan fingerprint density at radius 3 is 2.27 bits per heavy atom. The topological polar surface area (TPSA) is 124 Å². The molecule has 3 aromatic rings. The fourth-order valence-corrected chi connectivity index (χ4v) is 4.19. The van der Waals surface area contributed by atoms with Crippen LogP contribution in [0, 0.1) is 0 Å². The van der Waals surface area contributed by atoms with Gasteiger partial charge in [0, 0.05) is 17.3 Å². The Morgan fingerprint density at radius 2 is 1.64 bits per heavy atom. The van der Waals surface area contributed by atoms with E-state index >= 15 is 0 Å². The van der Waals surface area contributed by atoms with Crippen molar-refractivity contribution in [1.29, 1.82) is 0 Å². The summed E-state index contributed by atoms with van der Waals surface area (Å²) in [5.41, 5.74) is 14.3. The normalized spacial score (nSPS) is 12.7. The van der Waals surface area contributed by atoms with Gasteiger partial charge in [0.1, 0.15) is 12.6 Å². The highest BCUT2D eigenvalue weighted by atomic mass is 16.5. The highest BCUT2D eigenvalue weighted by Crippen LogP contribution is 2.44. The summed E-state index contributed by atoms with van der Waals surface area (Å²) in [5.74, 6) is -1.27. The van der Waals surface area contributed by atoms with Crippen molar-refractivity contribution < 1.29 is 19.4 Å².